The van der Waals surface area contributed by atoms with Crippen LogP contribution in [-0.2, 0) is 11.3 Å². The van der Waals surface area contributed by atoms with E-state index in [-0.39, 0.29) is 18.4 Å². The Balaban J connectivity index is 2.11. The topological polar surface area (TPSA) is 91.3 Å². The average Bonchev–Trinajstić information content (AvgIpc) is 2.79. The van der Waals surface area contributed by atoms with Crippen LogP contribution in [-0.4, -0.2) is 28.6 Å². The van der Waals surface area contributed by atoms with Crippen LogP contribution in [0.1, 0.15) is 36.8 Å². The molecule has 0 fully saturated rings. The minimum absolute atomic E-state index is 0.179. The number of carbonyl (C=O) groups is 2. The van der Waals surface area contributed by atoms with Crippen LogP contribution in [0.2, 0.25) is 0 Å². The second-order valence-electron chi connectivity index (χ2n) is 4.80. The van der Waals surface area contributed by atoms with Crippen LogP contribution in [0.3, 0.4) is 0 Å². The van der Waals surface area contributed by atoms with Crippen LogP contribution in [0.4, 0.5) is 4.79 Å². The standard InChI is InChI=1S/C13H21N3O3S/c1-9(3-4-12(17)18)5-6-14-13(19)15-7-11-10(2)16-8-20-11/h8-9H,3-7H2,1-2H3,(H,17,18)(H2,14,15,19). The predicted octanol–water partition coefficient (Wildman–Crippen LogP) is 2.14. The Labute approximate surface area is 122 Å². The van der Waals surface area contributed by atoms with Crippen molar-refractivity contribution >= 4 is 23.3 Å². The number of aryl methyl sites for hydroxylation is 1. The Morgan fingerprint density at radius 3 is 2.75 bits per heavy atom. The molecule has 2 amide bonds. The Kier molecular flexibility index (Phi) is 7.00. The lowest BCUT2D eigenvalue weighted by Crippen LogP contribution is -2.36. The van der Waals surface area contributed by atoms with E-state index in [0.717, 1.165) is 17.0 Å². The summed E-state index contributed by atoms with van der Waals surface area (Å²) in [6.45, 7) is 4.93. The van der Waals surface area contributed by atoms with Crippen LogP contribution in [0.25, 0.3) is 0 Å². The summed E-state index contributed by atoms with van der Waals surface area (Å²) in [6, 6.07) is -0.205. The number of aromatic nitrogens is 1. The number of carbonyl (C=O) groups excluding carboxylic acids is 1. The summed E-state index contributed by atoms with van der Waals surface area (Å²) in [5.41, 5.74) is 2.70. The first-order valence-electron chi connectivity index (χ1n) is 6.61. The molecule has 0 saturated heterocycles. The van der Waals surface area contributed by atoms with E-state index < -0.39 is 5.97 Å². The maximum absolute atomic E-state index is 11.6. The molecule has 3 N–H and O–H groups in total. The minimum atomic E-state index is -0.775. The molecular weight excluding hydrogens is 278 g/mol. The van der Waals surface area contributed by atoms with Crippen LogP contribution in [0, 0.1) is 12.8 Å². The number of carboxylic acid groups (broad SMARTS) is 1. The number of urea groups is 1. The van der Waals surface area contributed by atoms with E-state index in [2.05, 4.69) is 15.6 Å². The predicted molar refractivity (Wildman–Crippen MR) is 77.7 cm³/mol. The molecule has 1 aromatic heterocycles. The van der Waals surface area contributed by atoms with Gasteiger partial charge >= 0.3 is 12.0 Å². The third-order valence-corrected chi connectivity index (χ3v) is 3.96. The number of rotatable bonds is 8. The molecule has 1 aromatic rings. The van der Waals surface area contributed by atoms with Gasteiger partial charge in [0.15, 0.2) is 0 Å². The van der Waals surface area contributed by atoms with E-state index in [1.165, 1.54) is 11.3 Å². The van der Waals surface area contributed by atoms with Crippen molar-refractivity contribution in [3.8, 4) is 0 Å². The maximum atomic E-state index is 11.6. The minimum Gasteiger partial charge on any atom is -0.481 e. The van der Waals surface area contributed by atoms with Crippen molar-refractivity contribution in [2.45, 2.75) is 39.7 Å². The molecule has 0 aliphatic rings. The second-order valence-corrected chi connectivity index (χ2v) is 5.74. The zero-order chi connectivity index (χ0) is 15.0. The summed E-state index contributed by atoms with van der Waals surface area (Å²) in [5, 5.41) is 14.1. The number of aliphatic carboxylic acids is 1. The molecule has 0 radical (unpaired) electrons. The van der Waals surface area contributed by atoms with E-state index in [1.54, 1.807) is 5.51 Å². The maximum Gasteiger partial charge on any atom is 0.315 e. The number of nitrogens with zero attached hydrogens (tertiary/aromatic N) is 1. The first kappa shape index (κ1) is 16.4. The lowest BCUT2D eigenvalue weighted by molar-refractivity contribution is -0.137. The number of hydrogen-bond donors (Lipinski definition) is 3. The Morgan fingerprint density at radius 1 is 1.40 bits per heavy atom. The van der Waals surface area contributed by atoms with Crippen molar-refractivity contribution in [1.29, 1.82) is 0 Å². The molecule has 1 heterocycles. The molecule has 20 heavy (non-hydrogen) atoms. The Morgan fingerprint density at radius 2 is 2.15 bits per heavy atom. The summed E-state index contributed by atoms with van der Waals surface area (Å²) >= 11 is 1.52. The molecule has 1 rings (SSSR count). The van der Waals surface area contributed by atoms with Gasteiger partial charge in [0.1, 0.15) is 0 Å². The fourth-order valence-electron chi connectivity index (χ4n) is 1.67. The summed E-state index contributed by atoms with van der Waals surface area (Å²) in [7, 11) is 0. The molecule has 0 saturated carbocycles. The normalized spacial score (nSPS) is 11.9. The number of amides is 2. The molecule has 1 atom stereocenters. The molecule has 0 aromatic carbocycles. The third-order valence-electron chi connectivity index (χ3n) is 3.03. The zero-order valence-electron chi connectivity index (χ0n) is 11.8. The highest BCUT2D eigenvalue weighted by molar-refractivity contribution is 7.09. The summed E-state index contributed by atoms with van der Waals surface area (Å²) in [6.07, 6.45) is 1.59. The van der Waals surface area contributed by atoms with Gasteiger partial charge in [-0.15, -0.1) is 11.3 Å². The van der Waals surface area contributed by atoms with Gasteiger partial charge in [0.25, 0.3) is 0 Å². The summed E-state index contributed by atoms with van der Waals surface area (Å²) in [4.78, 5) is 27.2. The van der Waals surface area contributed by atoms with E-state index in [1.807, 2.05) is 13.8 Å². The molecular formula is C13H21N3O3S. The number of hydrogen-bond acceptors (Lipinski definition) is 4. The molecule has 6 nitrogen and oxygen atoms in total. The zero-order valence-corrected chi connectivity index (χ0v) is 12.6. The van der Waals surface area contributed by atoms with Gasteiger partial charge in [-0.05, 0) is 25.7 Å². The van der Waals surface area contributed by atoms with Crippen molar-refractivity contribution in [2.24, 2.45) is 5.92 Å². The van der Waals surface area contributed by atoms with Gasteiger partial charge in [-0.25, -0.2) is 9.78 Å². The lowest BCUT2D eigenvalue weighted by atomic mass is 10.0. The average molecular weight is 299 g/mol. The number of carboxylic acids is 1. The molecule has 1 unspecified atom stereocenters. The van der Waals surface area contributed by atoms with E-state index in [0.29, 0.717) is 19.5 Å². The quantitative estimate of drug-likeness (QED) is 0.686. The fraction of sp³-hybridized carbons (Fsp3) is 0.615. The highest BCUT2D eigenvalue weighted by Crippen LogP contribution is 2.11. The SMILES string of the molecule is Cc1ncsc1CNC(=O)NCCC(C)CCC(=O)O. The van der Waals surface area contributed by atoms with Crippen molar-refractivity contribution in [1.82, 2.24) is 15.6 Å². The molecule has 112 valence electrons. The van der Waals surface area contributed by atoms with E-state index in [9.17, 15) is 9.59 Å². The van der Waals surface area contributed by atoms with Crippen molar-refractivity contribution in [3.63, 3.8) is 0 Å². The third kappa shape index (κ3) is 6.51. The van der Waals surface area contributed by atoms with Gasteiger partial charge in [0.2, 0.25) is 0 Å². The van der Waals surface area contributed by atoms with Crippen LogP contribution < -0.4 is 10.6 Å². The number of nitrogens with one attached hydrogen (secondary N) is 2. The van der Waals surface area contributed by atoms with Gasteiger partial charge in [-0.1, -0.05) is 6.92 Å². The van der Waals surface area contributed by atoms with Crippen LogP contribution in [0.15, 0.2) is 5.51 Å². The molecule has 0 aliphatic carbocycles. The Hall–Kier alpha value is -1.63. The van der Waals surface area contributed by atoms with Crippen molar-refractivity contribution in [2.75, 3.05) is 6.54 Å². The molecule has 7 heteroatoms. The highest BCUT2D eigenvalue weighted by Gasteiger charge is 2.07. The summed E-state index contributed by atoms with van der Waals surface area (Å²) in [5.74, 6) is -0.488. The highest BCUT2D eigenvalue weighted by atomic mass is 32.1. The van der Waals surface area contributed by atoms with Crippen LogP contribution in [0.5, 0.6) is 0 Å². The van der Waals surface area contributed by atoms with E-state index >= 15 is 0 Å². The lowest BCUT2D eigenvalue weighted by Gasteiger charge is -2.11. The van der Waals surface area contributed by atoms with Gasteiger partial charge in [0, 0.05) is 17.8 Å². The largest absolute Gasteiger partial charge is 0.481 e. The molecule has 0 bridgehead atoms. The Bertz CT molecular complexity index is 448. The van der Waals surface area contributed by atoms with Gasteiger partial charge in [-0.3, -0.25) is 4.79 Å². The second kappa shape index (κ2) is 8.52. The molecule has 0 aliphatic heterocycles. The summed E-state index contributed by atoms with van der Waals surface area (Å²) < 4.78 is 0. The number of thiazole rings is 1. The monoisotopic (exact) mass is 299 g/mol. The van der Waals surface area contributed by atoms with Crippen molar-refractivity contribution < 1.29 is 14.7 Å². The van der Waals surface area contributed by atoms with Gasteiger partial charge < -0.3 is 15.7 Å². The fourth-order valence-corrected chi connectivity index (χ4v) is 2.38. The first-order valence-corrected chi connectivity index (χ1v) is 7.49. The smallest absolute Gasteiger partial charge is 0.315 e. The van der Waals surface area contributed by atoms with E-state index in [4.69, 9.17) is 5.11 Å². The first-order chi connectivity index (χ1) is 9.49. The van der Waals surface area contributed by atoms with Gasteiger partial charge in [0.05, 0.1) is 17.7 Å². The van der Waals surface area contributed by atoms with Crippen LogP contribution >= 0.6 is 11.3 Å². The molecule has 0 spiro atoms. The van der Waals surface area contributed by atoms with Crippen molar-refractivity contribution in [3.05, 3.63) is 16.1 Å². The van der Waals surface area contributed by atoms with Gasteiger partial charge in [-0.2, -0.15) is 0 Å².